The molecular weight excluding hydrogens is 523 g/mol. The van der Waals surface area contributed by atoms with Gasteiger partial charge in [-0.1, -0.05) is 58.0 Å². The molecule has 0 N–H and O–H groups in total. The molecule has 0 saturated carbocycles. The molecule has 2 fully saturated rings. The number of piperazine rings is 1. The molecule has 0 spiro atoms. The monoisotopic (exact) mass is 572 g/mol. The lowest BCUT2D eigenvalue weighted by Crippen LogP contribution is -2.54. The average Bonchev–Trinajstić information content (AvgIpc) is 3.34. The molecule has 0 aromatic carbocycles. The maximum Gasteiger partial charge on any atom is 0.222 e. The van der Waals surface area contributed by atoms with Crippen LogP contribution in [-0.4, -0.2) is 71.4 Å². The second-order valence-corrected chi connectivity index (χ2v) is 10.4. The number of hydrogen-bond donors (Lipinski definition) is 0. The van der Waals surface area contributed by atoms with Crippen LogP contribution in [0.15, 0.2) is 64.5 Å². The topological polar surface area (TPSA) is 47.3 Å². The fraction of sp³-hybridized carbons (Fsp3) is 0.594. The molecular formula is C32H50ClFN6. The zero-order valence-corrected chi connectivity index (χ0v) is 26.5. The van der Waals surface area contributed by atoms with Gasteiger partial charge in [0, 0.05) is 57.4 Å². The number of allylic oxidation sites excluding steroid dienone is 3. The maximum absolute atomic E-state index is 14.1. The lowest BCUT2D eigenvalue weighted by molar-refractivity contribution is 0.298. The van der Waals surface area contributed by atoms with Crippen molar-refractivity contribution in [2.45, 2.75) is 86.2 Å². The van der Waals surface area contributed by atoms with E-state index >= 15 is 0 Å². The minimum atomic E-state index is -0.0156. The zero-order valence-electron chi connectivity index (χ0n) is 25.7. The number of nitrogens with zero attached hydrogens (tertiary/aromatic N) is 6. The first-order valence-electron chi connectivity index (χ1n) is 15.0. The normalized spacial score (nSPS) is 23.7. The summed E-state index contributed by atoms with van der Waals surface area (Å²) in [5.41, 5.74) is 0.724. The van der Waals surface area contributed by atoms with Crippen LogP contribution in [0.1, 0.15) is 74.1 Å². The molecule has 0 bridgehead atoms. The van der Waals surface area contributed by atoms with E-state index < -0.39 is 0 Å². The van der Waals surface area contributed by atoms with Crippen molar-refractivity contribution in [1.29, 1.82) is 0 Å². The molecule has 3 aliphatic rings. The SMILES string of the molecule is C=C/C(=N\C(=NCC1C=CC(C)=C(F)CC1)N1CCCC1C)N1CCN(c2ncccc2Cl)CC1C.CC.CC. The summed E-state index contributed by atoms with van der Waals surface area (Å²) in [5, 5.41) is 0.672. The zero-order chi connectivity index (χ0) is 29.7. The largest absolute Gasteiger partial charge is 0.352 e. The first kappa shape index (κ1) is 33.5. The Balaban J connectivity index is 0.00000134. The number of amidine groups is 1. The summed E-state index contributed by atoms with van der Waals surface area (Å²) in [6.45, 7) is 22.3. The van der Waals surface area contributed by atoms with E-state index in [-0.39, 0.29) is 17.8 Å². The third-order valence-corrected chi connectivity index (χ3v) is 7.71. The fourth-order valence-electron chi connectivity index (χ4n) is 5.18. The molecule has 4 rings (SSSR count). The number of aliphatic imine (C=N–C) groups is 2. The van der Waals surface area contributed by atoms with Crippen molar-refractivity contribution in [1.82, 2.24) is 14.8 Å². The van der Waals surface area contributed by atoms with Crippen molar-refractivity contribution in [3.8, 4) is 0 Å². The van der Waals surface area contributed by atoms with Crippen molar-refractivity contribution >= 4 is 29.2 Å². The van der Waals surface area contributed by atoms with Crippen LogP contribution in [-0.2, 0) is 0 Å². The molecule has 1 aromatic rings. The van der Waals surface area contributed by atoms with Gasteiger partial charge in [0.2, 0.25) is 5.96 Å². The van der Waals surface area contributed by atoms with Crippen molar-refractivity contribution in [3.63, 3.8) is 0 Å². The molecule has 6 nitrogen and oxygen atoms in total. The van der Waals surface area contributed by atoms with Crippen LogP contribution in [0, 0.1) is 5.92 Å². The van der Waals surface area contributed by atoms with Crippen LogP contribution in [0.2, 0.25) is 5.02 Å². The summed E-state index contributed by atoms with van der Waals surface area (Å²) in [7, 11) is 0. The second-order valence-electron chi connectivity index (χ2n) is 10.0. The van der Waals surface area contributed by atoms with Crippen LogP contribution in [0.25, 0.3) is 0 Å². The maximum atomic E-state index is 14.1. The predicted molar refractivity (Wildman–Crippen MR) is 171 cm³/mol. The summed E-state index contributed by atoms with van der Waals surface area (Å²) in [5.74, 6) is 2.62. The Labute approximate surface area is 247 Å². The summed E-state index contributed by atoms with van der Waals surface area (Å²) >= 11 is 6.40. The molecule has 40 heavy (non-hydrogen) atoms. The van der Waals surface area contributed by atoms with Crippen molar-refractivity contribution in [2.24, 2.45) is 15.9 Å². The minimum Gasteiger partial charge on any atom is -0.352 e. The molecule has 2 aliphatic heterocycles. The molecule has 1 aliphatic carbocycles. The standard InChI is InChI=1S/C28H38ClFN6.2C2H6/c1-5-26(35-17-16-34(19-22(35)4)27-24(29)9-6-14-31-27)33-28(36-15-7-8-21(36)3)32-18-23-11-10-20(2)25(30)13-12-23;2*1-2/h5-6,9-11,14,21-23H,1,7-8,12-13,15-19H2,2-4H3;2*1-2H3/b32-28?,33-26+;;. The summed E-state index contributed by atoms with van der Waals surface area (Å²) in [6, 6.07) is 4.33. The molecule has 1 aromatic heterocycles. The fourth-order valence-corrected chi connectivity index (χ4v) is 5.42. The first-order valence-corrected chi connectivity index (χ1v) is 15.4. The minimum absolute atomic E-state index is 0.0156. The third-order valence-electron chi connectivity index (χ3n) is 7.42. The Bertz CT molecular complexity index is 1070. The van der Waals surface area contributed by atoms with Gasteiger partial charge < -0.3 is 14.7 Å². The highest BCUT2D eigenvalue weighted by Crippen LogP contribution is 2.26. The van der Waals surface area contributed by atoms with Gasteiger partial charge >= 0.3 is 0 Å². The van der Waals surface area contributed by atoms with E-state index in [1.165, 1.54) is 0 Å². The number of rotatable bonds is 4. The van der Waals surface area contributed by atoms with Gasteiger partial charge in [0.15, 0.2) is 0 Å². The Hall–Kier alpha value is -2.67. The van der Waals surface area contributed by atoms with Gasteiger partial charge in [-0.15, -0.1) is 0 Å². The van der Waals surface area contributed by atoms with E-state index in [2.05, 4.69) is 46.2 Å². The van der Waals surface area contributed by atoms with Crippen LogP contribution in [0.4, 0.5) is 10.2 Å². The number of halogens is 2. The predicted octanol–water partition coefficient (Wildman–Crippen LogP) is 7.93. The van der Waals surface area contributed by atoms with Gasteiger partial charge in [-0.2, -0.15) is 4.99 Å². The van der Waals surface area contributed by atoms with Gasteiger partial charge in [-0.3, -0.25) is 4.99 Å². The number of hydrogen-bond acceptors (Lipinski definition) is 3. The molecule has 0 radical (unpaired) electrons. The number of likely N-dealkylation sites (tertiary alicyclic amines) is 1. The van der Waals surface area contributed by atoms with Gasteiger partial charge in [-0.05, 0) is 69.7 Å². The van der Waals surface area contributed by atoms with Gasteiger partial charge in [-0.25, -0.2) is 9.37 Å². The van der Waals surface area contributed by atoms with Crippen LogP contribution in [0.3, 0.4) is 0 Å². The van der Waals surface area contributed by atoms with Crippen molar-refractivity contribution < 1.29 is 4.39 Å². The lowest BCUT2D eigenvalue weighted by atomic mass is 10.0. The summed E-state index contributed by atoms with van der Waals surface area (Å²) in [6.07, 6.45) is 11.1. The van der Waals surface area contributed by atoms with Crippen molar-refractivity contribution in [3.05, 3.63) is 59.6 Å². The van der Waals surface area contributed by atoms with Crippen molar-refractivity contribution in [2.75, 3.05) is 37.6 Å². The Morgan fingerprint density at radius 1 is 1.12 bits per heavy atom. The van der Waals surface area contributed by atoms with Gasteiger partial charge in [0.05, 0.1) is 5.02 Å². The molecule has 2 saturated heterocycles. The van der Waals surface area contributed by atoms with E-state index in [9.17, 15) is 4.39 Å². The van der Waals surface area contributed by atoms with Crippen LogP contribution < -0.4 is 4.90 Å². The van der Waals surface area contributed by atoms with E-state index in [1.807, 2.05) is 58.9 Å². The van der Waals surface area contributed by atoms with E-state index in [4.69, 9.17) is 21.6 Å². The second kappa shape index (κ2) is 17.2. The number of anilines is 1. The highest BCUT2D eigenvalue weighted by Gasteiger charge is 2.29. The Morgan fingerprint density at radius 3 is 2.50 bits per heavy atom. The van der Waals surface area contributed by atoms with Crippen LogP contribution in [0.5, 0.6) is 0 Å². The number of pyridine rings is 1. The van der Waals surface area contributed by atoms with Crippen LogP contribution >= 0.6 is 11.6 Å². The first-order chi connectivity index (χ1) is 19.4. The lowest BCUT2D eigenvalue weighted by Gasteiger charge is -2.41. The smallest absolute Gasteiger partial charge is 0.222 e. The van der Waals surface area contributed by atoms with Gasteiger partial charge in [0.25, 0.3) is 0 Å². The number of aromatic nitrogens is 1. The Kier molecular flexibility index (Phi) is 14.4. The molecule has 0 amide bonds. The van der Waals surface area contributed by atoms with E-state index in [0.717, 1.165) is 68.6 Å². The summed E-state index contributed by atoms with van der Waals surface area (Å²) in [4.78, 5) is 21.4. The van der Waals surface area contributed by atoms with E-state index in [1.54, 1.807) is 6.20 Å². The molecule has 8 heteroatoms. The molecule has 3 heterocycles. The quantitative estimate of drug-likeness (QED) is 0.271. The molecule has 222 valence electrons. The highest BCUT2D eigenvalue weighted by molar-refractivity contribution is 6.32. The summed E-state index contributed by atoms with van der Waals surface area (Å²) < 4.78 is 14.1. The molecule has 3 unspecified atom stereocenters. The third kappa shape index (κ3) is 8.92. The average molecular weight is 573 g/mol. The highest BCUT2D eigenvalue weighted by atomic mass is 35.5. The van der Waals surface area contributed by atoms with E-state index in [0.29, 0.717) is 24.0 Å². The Morgan fingerprint density at radius 2 is 1.88 bits per heavy atom. The van der Waals surface area contributed by atoms with Gasteiger partial charge in [0.1, 0.15) is 17.5 Å². The molecule has 3 atom stereocenters. The number of guanidine groups is 1.